The van der Waals surface area contributed by atoms with Gasteiger partial charge in [-0.3, -0.25) is 14.2 Å². The Balaban J connectivity index is 1.86. The maximum Gasteiger partial charge on any atom is 0.310 e. The molecular weight excluding hydrogens is 334 g/mol. The lowest BCUT2D eigenvalue weighted by atomic mass is 9.97. The number of carboxylic acid groups (broad SMARTS) is 1. The van der Waals surface area contributed by atoms with E-state index in [1.165, 1.54) is 12.1 Å². The molecule has 0 amide bonds. The Morgan fingerprint density at radius 1 is 1.46 bits per heavy atom. The molecule has 2 N–H and O–H groups in total. The van der Waals surface area contributed by atoms with Crippen molar-refractivity contribution in [1.29, 1.82) is 0 Å². The molecule has 1 unspecified atom stereocenters. The molecule has 128 valence electrons. The van der Waals surface area contributed by atoms with E-state index in [0.29, 0.717) is 17.9 Å². The van der Waals surface area contributed by atoms with Crippen LogP contribution in [-0.4, -0.2) is 35.9 Å². The van der Waals surface area contributed by atoms with Gasteiger partial charge < -0.3 is 9.84 Å². The number of rotatable bonds is 5. The van der Waals surface area contributed by atoms with Crippen molar-refractivity contribution in [2.75, 3.05) is 11.3 Å². The van der Waals surface area contributed by atoms with Crippen molar-refractivity contribution in [3.05, 3.63) is 36.0 Å². The smallest absolute Gasteiger partial charge is 0.310 e. The van der Waals surface area contributed by atoms with Crippen LogP contribution in [0.15, 0.2) is 35.4 Å². The van der Waals surface area contributed by atoms with Gasteiger partial charge in [0.25, 0.3) is 10.0 Å². The number of hydrogen-bond donors (Lipinski definition) is 2. The molecule has 0 fully saturated rings. The largest absolute Gasteiger partial charge is 0.492 e. The third kappa shape index (κ3) is 3.21. The quantitative estimate of drug-likeness (QED) is 0.841. The maximum absolute atomic E-state index is 12.5. The van der Waals surface area contributed by atoms with Gasteiger partial charge in [-0.1, -0.05) is 0 Å². The highest BCUT2D eigenvalue weighted by atomic mass is 32.2. The van der Waals surface area contributed by atoms with Crippen molar-refractivity contribution in [2.45, 2.75) is 24.8 Å². The van der Waals surface area contributed by atoms with E-state index in [9.17, 15) is 13.2 Å². The highest BCUT2D eigenvalue weighted by Gasteiger charge is 2.27. The molecule has 0 saturated heterocycles. The van der Waals surface area contributed by atoms with Gasteiger partial charge in [-0.2, -0.15) is 5.10 Å². The Labute approximate surface area is 139 Å². The molecule has 24 heavy (non-hydrogen) atoms. The van der Waals surface area contributed by atoms with Crippen LogP contribution in [0.3, 0.4) is 0 Å². The minimum atomic E-state index is -3.81. The van der Waals surface area contributed by atoms with Gasteiger partial charge in [0.15, 0.2) is 5.82 Å². The third-order valence-electron chi connectivity index (χ3n) is 3.80. The lowest BCUT2D eigenvalue weighted by Crippen LogP contribution is -2.28. The molecule has 3 rings (SSSR count). The average Bonchev–Trinajstić information content (AvgIpc) is 3.00. The van der Waals surface area contributed by atoms with E-state index in [1.54, 1.807) is 23.0 Å². The molecule has 0 saturated carbocycles. The molecule has 1 atom stereocenters. The van der Waals surface area contributed by atoms with Crippen LogP contribution in [0.4, 0.5) is 5.82 Å². The molecule has 2 aromatic rings. The van der Waals surface area contributed by atoms with Crippen LogP contribution in [0.25, 0.3) is 0 Å². The number of sulfonamides is 1. The molecule has 8 nitrogen and oxygen atoms in total. The molecular formula is C15H17N3O5S. The van der Waals surface area contributed by atoms with Gasteiger partial charge in [0.2, 0.25) is 0 Å². The second kappa shape index (κ2) is 6.16. The Hall–Kier alpha value is -2.55. The molecule has 1 aliphatic heterocycles. The third-order valence-corrected chi connectivity index (χ3v) is 5.15. The summed E-state index contributed by atoms with van der Waals surface area (Å²) in [5, 5.41) is 13.2. The summed E-state index contributed by atoms with van der Waals surface area (Å²) in [6, 6.07) is 6.00. The molecule has 9 heteroatoms. The van der Waals surface area contributed by atoms with Crippen molar-refractivity contribution in [2.24, 2.45) is 5.92 Å². The lowest BCUT2D eigenvalue weighted by molar-refractivity contribution is -0.143. The molecule has 2 heterocycles. The van der Waals surface area contributed by atoms with Crippen molar-refractivity contribution < 1.29 is 23.1 Å². The predicted molar refractivity (Wildman–Crippen MR) is 85.5 cm³/mol. The van der Waals surface area contributed by atoms with Crippen molar-refractivity contribution in [3.63, 3.8) is 0 Å². The topological polar surface area (TPSA) is 111 Å². The first kappa shape index (κ1) is 16.3. The van der Waals surface area contributed by atoms with E-state index in [-0.39, 0.29) is 23.7 Å². The van der Waals surface area contributed by atoms with Crippen LogP contribution in [-0.2, 0) is 27.8 Å². The summed E-state index contributed by atoms with van der Waals surface area (Å²) in [7, 11) is -3.81. The van der Waals surface area contributed by atoms with Crippen molar-refractivity contribution in [3.8, 4) is 5.75 Å². The Morgan fingerprint density at radius 3 is 2.92 bits per heavy atom. The number of benzene rings is 1. The molecule has 1 aromatic heterocycles. The first-order valence-corrected chi connectivity index (χ1v) is 8.92. The summed E-state index contributed by atoms with van der Waals surface area (Å²) >= 11 is 0. The van der Waals surface area contributed by atoms with Crippen LogP contribution in [0.1, 0.15) is 12.5 Å². The molecule has 0 aliphatic carbocycles. The second-order valence-electron chi connectivity index (χ2n) is 5.48. The normalized spacial score (nSPS) is 17.0. The van der Waals surface area contributed by atoms with Gasteiger partial charge in [0, 0.05) is 18.8 Å². The fraction of sp³-hybridized carbons (Fsp3) is 0.333. The molecule has 1 aliphatic rings. The summed E-state index contributed by atoms with van der Waals surface area (Å²) in [6.07, 6.45) is 1.91. The summed E-state index contributed by atoms with van der Waals surface area (Å²) < 4.78 is 34.4. The van der Waals surface area contributed by atoms with Crippen molar-refractivity contribution >= 4 is 21.8 Å². The van der Waals surface area contributed by atoms with E-state index in [4.69, 9.17) is 9.84 Å². The van der Waals surface area contributed by atoms with Crippen LogP contribution in [0.5, 0.6) is 5.75 Å². The van der Waals surface area contributed by atoms with Crippen LogP contribution >= 0.6 is 0 Å². The highest BCUT2D eigenvalue weighted by Crippen LogP contribution is 2.30. The minimum absolute atomic E-state index is 0.0435. The number of carbonyl (C=O) groups is 1. The van der Waals surface area contributed by atoms with E-state index in [2.05, 4.69) is 9.82 Å². The van der Waals surface area contributed by atoms with Crippen LogP contribution in [0, 0.1) is 5.92 Å². The number of nitrogens with zero attached hydrogens (tertiary/aromatic N) is 2. The van der Waals surface area contributed by atoms with E-state index in [0.717, 1.165) is 0 Å². The number of ether oxygens (including phenoxy) is 1. The maximum atomic E-state index is 12.5. The first-order valence-electron chi connectivity index (χ1n) is 7.44. The lowest BCUT2D eigenvalue weighted by Gasteiger charge is -2.23. The summed E-state index contributed by atoms with van der Waals surface area (Å²) in [5.41, 5.74) is 0.565. The van der Waals surface area contributed by atoms with Crippen LogP contribution < -0.4 is 9.46 Å². The second-order valence-corrected chi connectivity index (χ2v) is 7.16. The monoisotopic (exact) mass is 351 g/mol. The standard InChI is InChI=1S/C15H17N3O5S/c1-2-18-6-5-14(16-18)17-24(21,22)12-3-4-13-10(8-12)7-11(9-23-13)15(19)20/h3-6,8,11H,2,7,9H2,1H3,(H,16,17)(H,19,20). The number of hydrogen-bond acceptors (Lipinski definition) is 5. The zero-order valence-corrected chi connectivity index (χ0v) is 13.8. The summed E-state index contributed by atoms with van der Waals surface area (Å²) in [5.74, 6) is -0.892. The van der Waals surface area contributed by atoms with Crippen molar-refractivity contribution in [1.82, 2.24) is 9.78 Å². The fourth-order valence-electron chi connectivity index (χ4n) is 2.49. The Morgan fingerprint density at radius 2 is 2.25 bits per heavy atom. The number of aliphatic carboxylic acids is 1. The number of nitrogens with one attached hydrogen (secondary N) is 1. The molecule has 1 aromatic carbocycles. The zero-order valence-electron chi connectivity index (χ0n) is 13.0. The van der Waals surface area contributed by atoms with E-state index >= 15 is 0 Å². The average molecular weight is 351 g/mol. The molecule has 0 spiro atoms. The van der Waals surface area contributed by atoms with Gasteiger partial charge in [0.05, 0.1) is 10.8 Å². The number of fused-ring (bicyclic) bond motifs is 1. The Bertz CT molecular complexity index is 875. The number of aryl methyl sites for hydroxylation is 1. The predicted octanol–water partition coefficient (Wildman–Crippen LogP) is 1.34. The van der Waals surface area contributed by atoms with E-state index in [1.807, 2.05) is 6.92 Å². The summed E-state index contributed by atoms with van der Waals surface area (Å²) in [4.78, 5) is 11.1. The fourth-order valence-corrected chi connectivity index (χ4v) is 3.53. The molecule has 0 bridgehead atoms. The first-order chi connectivity index (χ1) is 11.4. The van der Waals surface area contributed by atoms with Gasteiger partial charge in [-0.05, 0) is 37.1 Å². The number of aromatic nitrogens is 2. The SMILES string of the molecule is CCn1ccc(NS(=O)(=O)c2ccc3c(c2)CC(C(=O)O)CO3)n1. The highest BCUT2D eigenvalue weighted by molar-refractivity contribution is 7.92. The van der Waals surface area contributed by atoms with Gasteiger partial charge >= 0.3 is 5.97 Å². The number of anilines is 1. The Kier molecular flexibility index (Phi) is 4.18. The van der Waals surface area contributed by atoms with E-state index < -0.39 is 21.9 Å². The minimum Gasteiger partial charge on any atom is -0.492 e. The summed E-state index contributed by atoms with van der Waals surface area (Å²) in [6.45, 7) is 2.61. The van der Waals surface area contributed by atoms with Crippen LogP contribution in [0.2, 0.25) is 0 Å². The zero-order chi connectivity index (χ0) is 17.3. The van der Waals surface area contributed by atoms with Gasteiger partial charge in [0.1, 0.15) is 12.4 Å². The molecule has 0 radical (unpaired) electrons. The number of carboxylic acids is 1. The van der Waals surface area contributed by atoms with Gasteiger partial charge in [-0.25, -0.2) is 8.42 Å². The van der Waals surface area contributed by atoms with Gasteiger partial charge in [-0.15, -0.1) is 0 Å².